The molecule has 0 radical (unpaired) electrons. The number of nitrogens with one attached hydrogen (secondary N) is 2. The van der Waals surface area contributed by atoms with E-state index in [0.717, 1.165) is 32.1 Å². The highest BCUT2D eigenvalue weighted by atomic mass is 35.5. The summed E-state index contributed by atoms with van der Waals surface area (Å²) in [6.45, 7) is 1.62. The van der Waals surface area contributed by atoms with E-state index in [2.05, 4.69) is 10.6 Å². The molecule has 35 heavy (non-hydrogen) atoms. The van der Waals surface area contributed by atoms with Gasteiger partial charge in [-0.2, -0.15) is 0 Å². The molecule has 1 saturated carbocycles. The minimum absolute atomic E-state index is 0.0742. The number of amides is 3. The van der Waals surface area contributed by atoms with Gasteiger partial charge in [0.05, 0.1) is 0 Å². The Morgan fingerprint density at radius 1 is 1.03 bits per heavy atom. The summed E-state index contributed by atoms with van der Waals surface area (Å²) >= 11 is 5.99. The second kappa shape index (κ2) is 12.8. The summed E-state index contributed by atoms with van der Waals surface area (Å²) in [5.74, 6) is -2.71. The molecular formula is C25H29ClFN3O4S. The molecule has 0 unspecified atom stereocenters. The summed E-state index contributed by atoms with van der Waals surface area (Å²) in [5, 5.41) is 6.02. The maximum atomic E-state index is 13.2. The quantitative estimate of drug-likeness (QED) is 0.520. The van der Waals surface area contributed by atoms with Crippen LogP contribution in [-0.2, 0) is 25.2 Å². The van der Waals surface area contributed by atoms with E-state index >= 15 is 0 Å². The zero-order valence-electron chi connectivity index (χ0n) is 19.5. The summed E-state index contributed by atoms with van der Waals surface area (Å²) in [6.07, 6.45) is 5.06. The van der Waals surface area contributed by atoms with Gasteiger partial charge in [-0.1, -0.05) is 30.9 Å². The lowest BCUT2D eigenvalue weighted by molar-refractivity contribution is -0.126. The molecule has 10 heteroatoms. The predicted octanol–water partition coefficient (Wildman–Crippen LogP) is 4.04. The molecule has 0 bridgehead atoms. The molecule has 1 aliphatic rings. The summed E-state index contributed by atoms with van der Waals surface area (Å²) in [5.41, 5.74) is 0.800. The van der Waals surface area contributed by atoms with Crippen LogP contribution in [0.2, 0.25) is 5.02 Å². The molecule has 1 aliphatic carbocycles. The van der Waals surface area contributed by atoms with Crippen molar-refractivity contribution in [2.75, 3.05) is 21.7 Å². The maximum absolute atomic E-state index is 13.2. The van der Waals surface area contributed by atoms with Crippen molar-refractivity contribution in [3.63, 3.8) is 0 Å². The molecule has 7 nitrogen and oxygen atoms in total. The second-order valence-corrected chi connectivity index (χ2v) is 10.4. The first kappa shape index (κ1) is 26.8. The number of carbonyl (C=O) groups excluding carboxylic acids is 3. The lowest BCUT2D eigenvalue weighted by atomic mass is 9.95. The van der Waals surface area contributed by atoms with Crippen molar-refractivity contribution in [2.45, 2.75) is 51.1 Å². The zero-order valence-corrected chi connectivity index (χ0v) is 21.0. The van der Waals surface area contributed by atoms with E-state index in [-0.39, 0.29) is 11.9 Å². The van der Waals surface area contributed by atoms with Crippen molar-refractivity contribution in [1.29, 1.82) is 0 Å². The van der Waals surface area contributed by atoms with Gasteiger partial charge >= 0.3 is 0 Å². The van der Waals surface area contributed by atoms with Crippen LogP contribution in [0.4, 0.5) is 15.8 Å². The van der Waals surface area contributed by atoms with Crippen molar-refractivity contribution >= 4 is 51.5 Å². The highest BCUT2D eigenvalue weighted by Gasteiger charge is 2.30. The monoisotopic (exact) mass is 521 g/mol. The number of nitrogens with zero attached hydrogens (tertiary/aromatic N) is 1. The molecule has 2 aromatic carbocycles. The van der Waals surface area contributed by atoms with Gasteiger partial charge in [0.15, 0.2) is 0 Å². The van der Waals surface area contributed by atoms with Crippen molar-refractivity contribution in [3.05, 3.63) is 59.4 Å². The average molecular weight is 522 g/mol. The topological polar surface area (TPSA) is 95.6 Å². The third-order valence-electron chi connectivity index (χ3n) is 5.80. The third-order valence-corrected chi connectivity index (χ3v) is 7.20. The Kier molecular flexibility index (Phi) is 9.80. The van der Waals surface area contributed by atoms with Crippen LogP contribution in [0.25, 0.3) is 0 Å². The Hall–Kier alpha value is -2.78. The van der Waals surface area contributed by atoms with Gasteiger partial charge in [-0.25, -0.2) is 4.39 Å². The van der Waals surface area contributed by atoms with Gasteiger partial charge in [0.2, 0.25) is 17.7 Å². The molecular weight excluding hydrogens is 493 g/mol. The van der Waals surface area contributed by atoms with Crippen molar-refractivity contribution in [2.24, 2.45) is 0 Å². The van der Waals surface area contributed by atoms with Gasteiger partial charge in [0, 0.05) is 33.2 Å². The Balaban J connectivity index is 1.66. The summed E-state index contributed by atoms with van der Waals surface area (Å²) in [7, 11) is -1.83. The fourth-order valence-corrected chi connectivity index (χ4v) is 5.01. The van der Waals surface area contributed by atoms with E-state index in [0.29, 0.717) is 16.4 Å². The van der Waals surface area contributed by atoms with E-state index < -0.39 is 46.0 Å². The van der Waals surface area contributed by atoms with Crippen molar-refractivity contribution in [3.8, 4) is 0 Å². The molecule has 0 aromatic heterocycles. The van der Waals surface area contributed by atoms with Gasteiger partial charge in [-0.15, -0.1) is 0 Å². The van der Waals surface area contributed by atoms with Crippen LogP contribution >= 0.6 is 11.6 Å². The number of anilines is 2. The molecule has 2 atom stereocenters. The second-order valence-electron chi connectivity index (χ2n) is 8.54. The lowest BCUT2D eigenvalue weighted by Crippen LogP contribution is -2.52. The standard InChI is InChI=1S/C25H29ClFN3O4S/c1-17(25(33)29-20-5-3-2-4-6-20)30(22-13-7-18(26)8-14-22)24(32)16-35(34)15-23(31)28-21-11-9-19(27)10-12-21/h7-14,17,20H,2-6,15-16H2,1H3,(H,28,31)(H,29,33)/t17-,35-/m1/s1. The fourth-order valence-electron chi connectivity index (χ4n) is 4.01. The lowest BCUT2D eigenvalue weighted by Gasteiger charge is -2.31. The Morgan fingerprint density at radius 3 is 2.29 bits per heavy atom. The van der Waals surface area contributed by atoms with Crippen LogP contribution in [0.1, 0.15) is 39.0 Å². The van der Waals surface area contributed by atoms with Gasteiger partial charge < -0.3 is 10.6 Å². The van der Waals surface area contributed by atoms with E-state index in [9.17, 15) is 23.0 Å². The van der Waals surface area contributed by atoms with Crippen LogP contribution in [-0.4, -0.2) is 45.5 Å². The van der Waals surface area contributed by atoms with Gasteiger partial charge in [0.1, 0.15) is 23.4 Å². The Labute approximate surface area is 211 Å². The Bertz CT molecular complexity index is 1060. The molecule has 0 spiro atoms. The largest absolute Gasteiger partial charge is 0.352 e. The highest BCUT2D eigenvalue weighted by molar-refractivity contribution is 7.86. The minimum atomic E-state index is -1.83. The van der Waals surface area contributed by atoms with E-state index in [1.54, 1.807) is 31.2 Å². The summed E-state index contributed by atoms with van der Waals surface area (Å²) in [6, 6.07) is 10.8. The third kappa shape index (κ3) is 8.14. The van der Waals surface area contributed by atoms with Crippen LogP contribution in [0.3, 0.4) is 0 Å². The van der Waals surface area contributed by atoms with Crippen LogP contribution in [0, 0.1) is 5.82 Å². The fraction of sp³-hybridized carbons (Fsp3) is 0.400. The van der Waals surface area contributed by atoms with E-state index in [1.165, 1.54) is 29.2 Å². The molecule has 0 aliphatic heterocycles. The molecule has 2 aromatic rings. The normalized spacial score (nSPS) is 15.6. The van der Waals surface area contributed by atoms with Crippen LogP contribution in [0.5, 0.6) is 0 Å². The number of hydrogen-bond acceptors (Lipinski definition) is 4. The molecule has 3 rings (SSSR count). The van der Waals surface area contributed by atoms with Crippen LogP contribution in [0.15, 0.2) is 48.5 Å². The number of rotatable bonds is 9. The highest BCUT2D eigenvalue weighted by Crippen LogP contribution is 2.22. The number of carbonyl (C=O) groups is 3. The zero-order chi connectivity index (χ0) is 25.4. The Morgan fingerprint density at radius 2 is 1.66 bits per heavy atom. The maximum Gasteiger partial charge on any atom is 0.243 e. The van der Waals surface area contributed by atoms with Gasteiger partial charge in [0.25, 0.3) is 0 Å². The number of halogens is 2. The molecule has 188 valence electrons. The molecule has 2 N–H and O–H groups in total. The molecule has 0 saturated heterocycles. The van der Waals surface area contributed by atoms with Crippen LogP contribution < -0.4 is 15.5 Å². The summed E-state index contributed by atoms with van der Waals surface area (Å²) in [4.78, 5) is 39.7. The molecule has 3 amide bonds. The number of benzene rings is 2. The van der Waals surface area contributed by atoms with E-state index in [4.69, 9.17) is 11.6 Å². The summed E-state index contributed by atoms with van der Waals surface area (Å²) < 4.78 is 25.7. The molecule has 0 heterocycles. The van der Waals surface area contributed by atoms with Crippen molar-refractivity contribution < 1.29 is 23.0 Å². The predicted molar refractivity (Wildman–Crippen MR) is 136 cm³/mol. The molecule has 1 fully saturated rings. The average Bonchev–Trinajstić information content (AvgIpc) is 2.82. The van der Waals surface area contributed by atoms with E-state index in [1.807, 2.05) is 0 Å². The first-order chi connectivity index (χ1) is 16.7. The van der Waals surface area contributed by atoms with Gasteiger partial charge in [-0.3, -0.25) is 23.5 Å². The minimum Gasteiger partial charge on any atom is -0.352 e. The van der Waals surface area contributed by atoms with Gasteiger partial charge in [-0.05, 0) is 68.3 Å². The first-order valence-corrected chi connectivity index (χ1v) is 13.4. The van der Waals surface area contributed by atoms with Crippen molar-refractivity contribution in [1.82, 2.24) is 5.32 Å². The SMILES string of the molecule is C[C@H](C(=O)NC1CCCCC1)N(C(=O)C[S@](=O)CC(=O)Nc1ccc(F)cc1)c1ccc(Cl)cc1. The first-order valence-electron chi connectivity index (χ1n) is 11.5. The number of hydrogen-bond donors (Lipinski definition) is 2. The smallest absolute Gasteiger partial charge is 0.243 e.